The summed E-state index contributed by atoms with van der Waals surface area (Å²) in [7, 11) is 0. The molecule has 1 heteroatoms. The van der Waals surface area contributed by atoms with Crippen molar-refractivity contribution in [3.63, 3.8) is 0 Å². The number of rotatable bonds is 3. The summed E-state index contributed by atoms with van der Waals surface area (Å²) in [5, 5.41) is 0.335. The zero-order valence-corrected chi connectivity index (χ0v) is 10.8. The Kier molecular flexibility index (Phi) is 4.29. The lowest BCUT2D eigenvalue weighted by atomic mass is 9.84. The predicted octanol–water partition coefficient (Wildman–Crippen LogP) is 4.73. The summed E-state index contributed by atoms with van der Waals surface area (Å²) in [4.78, 5) is 0. The Balaban J connectivity index is 1.96. The molecule has 0 heterocycles. The highest BCUT2D eigenvalue weighted by atomic mass is 35.5. The number of halogens is 1. The Morgan fingerprint density at radius 3 is 2.56 bits per heavy atom. The van der Waals surface area contributed by atoms with Gasteiger partial charge in [-0.05, 0) is 43.2 Å². The minimum atomic E-state index is 0.335. The van der Waals surface area contributed by atoms with Crippen molar-refractivity contribution >= 4 is 11.6 Å². The number of alkyl halides is 1. The number of aryl methyl sites for hydroxylation is 1. The van der Waals surface area contributed by atoms with Gasteiger partial charge in [0.25, 0.3) is 0 Å². The second kappa shape index (κ2) is 5.72. The van der Waals surface area contributed by atoms with Crippen LogP contribution in [0.15, 0.2) is 24.3 Å². The van der Waals surface area contributed by atoms with E-state index in [1.54, 1.807) is 0 Å². The molecule has 0 radical (unpaired) electrons. The average molecular weight is 237 g/mol. The first-order valence-electron chi connectivity index (χ1n) is 6.46. The summed E-state index contributed by atoms with van der Waals surface area (Å²) in [5.74, 6) is 0.745. The zero-order valence-electron chi connectivity index (χ0n) is 10.1. The smallest absolute Gasteiger partial charge is 0.0404 e. The van der Waals surface area contributed by atoms with Crippen LogP contribution in [-0.4, -0.2) is 5.38 Å². The van der Waals surface area contributed by atoms with Crippen molar-refractivity contribution in [1.82, 2.24) is 0 Å². The third-order valence-corrected chi connectivity index (χ3v) is 4.35. The van der Waals surface area contributed by atoms with E-state index in [9.17, 15) is 0 Å². The van der Waals surface area contributed by atoms with Crippen molar-refractivity contribution in [1.29, 1.82) is 0 Å². The molecular formula is C15H21Cl. The van der Waals surface area contributed by atoms with Crippen molar-refractivity contribution in [2.24, 2.45) is 5.92 Å². The van der Waals surface area contributed by atoms with Crippen LogP contribution in [0.25, 0.3) is 0 Å². The first-order valence-corrected chi connectivity index (χ1v) is 6.89. The maximum atomic E-state index is 6.57. The van der Waals surface area contributed by atoms with E-state index in [1.165, 1.54) is 43.2 Å². The molecule has 16 heavy (non-hydrogen) atoms. The molecule has 1 saturated carbocycles. The maximum absolute atomic E-state index is 6.57. The molecule has 1 fully saturated rings. The van der Waals surface area contributed by atoms with E-state index < -0.39 is 0 Å². The van der Waals surface area contributed by atoms with Crippen molar-refractivity contribution in [2.75, 3.05) is 0 Å². The van der Waals surface area contributed by atoms with Gasteiger partial charge < -0.3 is 0 Å². The molecule has 0 nitrogen and oxygen atoms in total. The van der Waals surface area contributed by atoms with Gasteiger partial charge in [-0.1, -0.05) is 43.5 Å². The second-order valence-electron chi connectivity index (χ2n) is 5.04. The molecule has 2 rings (SSSR count). The van der Waals surface area contributed by atoms with E-state index in [1.807, 2.05) is 0 Å². The summed E-state index contributed by atoms with van der Waals surface area (Å²) in [6.45, 7) is 2.18. The minimum Gasteiger partial charge on any atom is -0.122 e. The Labute approximate surface area is 104 Å². The SMILES string of the molecule is Cc1ccccc1CC(Cl)C1CCCCC1. The number of hydrogen-bond donors (Lipinski definition) is 0. The van der Waals surface area contributed by atoms with Crippen LogP contribution in [0.5, 0.6) is 0 Å². The predicted molar refractivity (Wildman–Crippen MR) is 71.1 cm³/mol. The molecule has 1 aliphatic carbocycles. The average Bonchev–Trinajstić information content (AvgIpc) is 2.33. The van der Waals surface area contributed by atoms with Crippen molar-refractivity contribution in [2.45, 2.75) is 50.8 Å². The van der Waals surface area contributed by atoms with Crippen LogP contribution in [0.2, 0.25) is 0 Å². The topological polar surface area (TPSA) is 0 Å². The van der Waals surface area contributed by atoms with Gasteiger partial charge in [0.15, 0.2) is 0 Å². The van der Waals surface area contributed by atoms with E-state index in [4.69, 9.17) is 11.6 Å². The van der Waals surface area contributed by atoms with Gasteiger partial charge >= 0.3 is 0 Å². The highest BCUT2D eigenvalue weighted by Crippen LogP contribution is 2.31. The van der Waals surface area contributed by atoms with Crippen molar-refractivity contribution < 1.29 is 0 Å². The molecule has 1 aromatic rings. The number of benzene rings is 1. The summed E-state index contributed by atoms with van der Waals surface area (Å²) in [5.41, 5.74) is 2.80. The maximum Gasteiger partial charge on any atom is 0.0404 e. The van der Waals surface area contributed by atoms with E-state index in [0.717, 1.165) is 12.3 Å². The molecule has 0 amide bonds. The highest BCUT2D eigenvalue weighted by molar-refractivity contribution is 6.20. The van der Waals surface area contributed by atoms with Crippen LogP contribution in [0.3, 0.4) is 0 Å². The number of hydrogen-bond acceptors (Lipinski definition) is 0. The molecule has 0 saturated heterocycles. The van der Waals surface area contributed by atoms with Crippen molar-refractivity contribution in [3.8, 4) is 0 Å². The molecule has 1 unspecified atom stereocenters. The molecule has 0 spiro atoms. The summed E-state index contributed by atoms with van der Waals surface area (Å²) in [6, 6.07) is 8.61. The Hall–Kier alpha value is -0.490. The van der Waals surface area contributed by atoms with Gasteiger partial charge in [-0.2, -0.15) is 0 Å². The van der Waals surface area contributed by atoms with E-state index in [-0.39, 0.29) is 0 Å². The van der Waals surface area contributed by atoms with Gasteiger partial charge in [-0.15, -0.1) is 11.6 Å². The lowest BCUT2D eigenvalue weighted by Gasteiger charge is -2.26. The van der Waals surface area contributed by atoms with Crippen molar-refractivity contribution in [3.05, 3.63) is 35.4 Å². The fourth-order valence-electron chi connectivity index (χ4n) is 2.71. The van der Waals surface area contributed by atoms with Crippen LogP contribution in [0, 0.1) is 12.8 Å². The van der Waals surface area contributed by atoms with Gasteiger partial charge in [0, 0.05) is 5.38 Å². The van der Waals surface area contributed by atoms with Gasteiger partial charge in [0.2, 0.25) is 0 Å². The first kappa shape index (κ1) is 12.0. The minimum absolute atomic E-state index is 0.335. The lowest BCUT2D eigenvalue weighted by Crippen LogP contribution is -2.20. The fraction of sp³-hybridized carbons (Fsp3) is 0.600. The monoisotopic (exact) mass is 236 g/mol. The van der Waals surface area contributed by atoms with Crippen LogP contribution in [-0.2, 0) is 6.42 Å². The standard InChI is InChI=1S/C15H21Cl/c1-12-7-5-6-10-14(12)11-15(16)13-8-3-2-4-9-13/h5-7,10,13,15H,2-4,8-9,11H2,1H3. The van der Waals surface area contributed by atoms with Crippen LogP contribution in [0.4, 0.5) is 0 Å². The highest BCUT2D eigenvalue weighted by Gasteiger charge is 2.22. The Morgan fingerprint density at radius 2 is 1.88 bits per heavy atom. The fourth-order valence-corrected chi connectivity index (χ4v) is 3.13. The van der Waals surface area contributed by atoms with E-state index in [0.29, 0.717) is 5.38 Å². The van der Waals surface area contributed by atoms with Gasteiger partial charge in [0.1, 0.15) is 0 Å². The summed E-state index contributed by atoms with van der Waals surface area (Å²) >= 11 is 6.57. The van der Waals surface area contributed by atoms with E-state index >= 15 is 0 Å². The molecule has 0 aliphatic heterocycles. The molecule has 0 bridgehead atoms. The van der Waals surface area contributed by atoms with Gasteiger partial charge in [-0.25, -0.2) is 0 Å². The lowest BCUT2D eigenvalue weighted by molar-refractivity contribution is 0.344. The molecular weight excluding hydrogens is 216 g/mol. The Morgan fingerprint density at radius 1 is 1.19 bits per heavy atom. The van der Waals surface area contributed by atoms with Crippen LogP contribution < -0.4 is 0 Å². The quantitative estimate of drug-likeness (QED) is 0.666. The third-order valence-electron chi connectivity index (χ3n) is 3.84. The summed E-state index contributed by atoms with van der Waals surface area (Å²) < 4.78 is 0. The molecule has 1 atom stereocenters. The van der Waals surface area contributed by atoms with Gasteiger partial charge in [-0.3, -0.25) is 0 Å². The largest absolute Gasteiger partial charge is 0.122 e. The third kappa shape index (κ3) is 3.01. The summed E-state index contributed by atoms with van der Waals surface area (Å²) in [6.07, 6.45) is 7.87. The second-order valence-corrected chi connectivity index (χ2v) is 5.61. The van der Waals surface area contributed by atoms with Gasteiger partial charge in [0.05, 0.1) is 0 Å². The molecule has 1 aromatic carbocycles. The van der Waals surface area contributed by atoms with Crippen LogP contribution >= 0.6 is 11.6 Å². The Bertz CT molecular complexity index is 326. The molecule has 0 N–H and O–H groups in total. The zero-order chi connectivity index (χ0) is 11.4. The van der Waals surface area contributed by atoms with Crippen LogP contribution in [0.1, 0.15) is 43.2 Å². The molecule has 88 valence electrons. The molecule has 1 aliphatic rings. The normalized spacial score (nSPS) is 19.6. The first-order chi connectivity index (χ1) is 7.77. The molecule has 0 aromatic heterocycles. The van der Waals surface area contributed by atoms with E-state index in [2.05, 4.69) is 31.2 Å².